The fraction of sp³-hybridized carbons (Fsp3) is 0.308. The van der Waals surface area contributed by atoms with E-state index in [4.69, 9.17) is 4.74 Å². The number of allylic oxidation sites excluding steroid dienone is 2. The number of rotatable bonds is 6. The van der Waals surface area contributed by atoms with Crippen molar-refractivity contribution in [3.63, 3.8) is 0 Å². The Labute approximate surface area is 203 Å². The van der Waals surface area contributed by atoms with E-state index < -0.39 is 32.8 Å². The highest BCUT2D eigenvalue weighted by Gasteiger charge is 2.52. The molecule has 1 atom stereocenters. The molecule has 7 nitrogen and oxygen atoms in total. The largest absolute Gasteiger partial charge is 0.494 e. The monoisotopic (exact) mass is 499 g/mol. The second-order valence-electron chi connectivity index (χ2n) is 8.70. The molecule has 1 aliphatic carbocycles. The molecule has 2 aromatic carbocycles. The van der Waals surface area contributed by atoms with Crippen molar-refractivity contribution in [1.82, 2.24) is 4.90 Å². The summed E-state index contributed by atoms with van der Waals surface area (Å²) in [7, 11) is -2.19. The smallest absolute Gasteiger partial charge is 0.326 e. The van der Waals surface area contributed by atoms with Crippen molar-refractivity contribution in [2.75, 3.05) is 26.5 Å². The minimum absolute atomic E-state index is 0.0220. The molecule has 1 aliphatic heterocycles. The van der Waals surface area contributed by atoms with Gasteiger partial charge in [0, 0.05) is 30.5 Å². The molecule has 0 bridgehead atoms. The van der Waals surface area contributed by atoms with Crippen LogP contribution in [0.25, 0.3) is 11.1 Å². The maximum atomic E-state index is 15.6. The van der Waals surface area contributed by atoms with E-state index in [1.807, 2.05) is 0 Å². The van der Waals surface area contributed by atoms with Crippen molar-refractivity contribution in [3.8, 4) is 11.1 Å². The molecule has 1 N–H and O–H groups in total. The summed E-state index contributed by atoms with van der Waals surface area (Å²) in [5.41, 5.74) is -1.94. The zero-order valence-corrected chi connectivity index (χ0v) is 20.3. The Kier molecular flexibility index (Phi) is 6.55. The second kappa shape index (κ2) is 9.30. The topological polar surface area (TPSA) is 101 Å². The Bertz CT molecular complexity index is 1360. The van der Waals surface area contributed by atoms with Gasteiger partial charge in [-0.3, -0.25) is 9.59 Å². The van der Waals surface area contributed by atoms with Gasteiger partial charge < -0.3 is 14.7 Å². The molecule has 35 heavy (non-hydrogen) atoms. The number of ketones is 1. The summed E-state index contributed by atoms with van der Waals surface area (Å²) in [5.74, 6) is -2.96. The number of benzene rings is 2. The van der Waals surface area contributed by atoms with Crippen LogP contribution in [0.4, 0.5) is 4.39 Å². The average molecular weight is 500 g/mol. The van der Waals surface area contributed by atoms with Gasteiger partial charge in [-0.2, -0.15) is 0 Å². The first-order chi connectivity index (χ1) is 16.6. The van der Waals surface area contributed by atoms with Crippen LogP contribution in [0.2, 0.25) is 0 Å². The van der Waals surface area contributed by atoms with Crippen LogP contribution in [0.3, 0.4) is 0 Å². The summed E-state index contributed by atoms with van der Waals surface area (Å²) in [6.07, 6.45) is 6.33. The number of hydrogen-bond donors (Lipinski definition) is 1. The second-order valence-corrected chi connectivity index (χ2v) is 10.7. The number of carboxylic acids is 1. The first-order valence-electron chi connectivity index (χ1n) is 11.2. The third-order valence-corrected chi connectivity index (χ3v) is 7.67. The lowest BCUT2D eigenvalue weighted by molar-refractivity contribution is -0.146. The number of carbonyl (C=O) groups is 2. The van der Waals surface area contributed by atoms with Crippen LogP contribution in [0.15, 0.2) is 71.0 Å². The van der Waals surface area contributed by atoms with Crippen LogP contribution in [-0.4, -0.2) is 56.6 Å². The highest BCUT2D eigenvalue weighted by Crippen LogP contribution is 2.40. The van der Waals surface area contributed by atoms with Crippen LogP contribution in [0.1, 0.15) is 24.8 Å². The molecule has 4 rings (SSSR count). The Morgan fingerprint density at radius 1 is 1.11 bits per heavy atom. The van der Waals surface area contributed by atoms with E-state index in [2.05, 4.69) is 0 Å². The van der Waals surface area contributed by atoms with Crippen LogP contribution in [0.5, 0.6) is 0 Å². The number of Topliss-reactive ketones (excluding diaryl/α,β-unsaturated/α-hetero) is 1. The van der Waals surface area contributed by atoms with E-state index in [1.165, 1.54) is 31.4 Å². The molecular weight excluding hydrogens is 473 g/mol. The first-order valence-corrected chi connectivity index (χ1v) is 13.1. The molecule has 0 amide bonds. The Morgan fingerprint density at radius 2 is 1.80 bits per heavy atom. The lowest BCUT2D eigenvalue weighted by atomic mass is 9.72. The van der Waals surface area contributed by atoms with Gasteiger partial charge in [-0.1, -0.05) is 36.4 Å². The van der Waals surface area contributed by atoms with E-state index in [0.29, 0.717) is 13.1 Å². The van der Waals surface area contributed by atoms with E-state index in [-0.39, 0.29) is 33.0 Å². The SMILES string of the molecule is COC1=C(N2CCCCC2)C(=O)C(C(=O)O)(c2ccc(-c3ccccc3S(C)(=O)=O)cc2F)C=C1. The molecule has 2 aliphatic rings. The van der Waals surface area contributed by atoms with Crippen LogP contribution < -0.4 is 0 Å². The number of hydrogen-bond acceptors (Lipinski definition) is 6. The van der Waals surface area contributed by atoms with Crippen molar-refractivity contribution >= 4 is 21.6 Å². The predicted octanol–water partition coefficient (Wildman–Crippen LogP) is 3.70. The van der Waals surface area contributed by atoms with Crippen molar-refractivity contribution < 1.29 is 32.2 Å². The van der Waals surface area contributed by atoms with Crippen LogP contribution >= 0.6 is 0 Å². The average Bonchev–Trinajstić information content (AvgIpc) is 2.84. The number of halogens is 1. The molecule has 1 saturated heterocycles. The lowest BCUT2D eigenvalue weighted by Crippen LogP contribution is -2.49. The summed E-state index contributed by atoms with van der Waals surface area (Å²) in [6.45, 7) is 1.14. The number of sulfone groups is 1. The highest BCUT2D eigenvalue weighted by molar-refractivity contribution is 7.90. The molecule has 9 heteroatoms. The first kappa shape index (κ1) is 24.7. The molecule has 0 saturated carbocycles. The summed E-state index contributed by atoms with van der Waals surface area (Å²) in [4.78, 5) is 28.2. The summed E-state index contributed by atoms with van der Waals surface area (Å²) < 4.78 is 45.4. The van der Waals surface area contributed by atoms with Gasteiger partial charge in [0.15, 0.2) is 15.3 Å². The van der Waals surface area contributed by atoms with Gasteiger partial charge in [0.25, 0.3) is 0 Å². The standard InChI is InChI=1S/C26H26FNO6S/c1-34-21-12-13-26(25(30)31,24(29)23(21)28-14-6-3-7-15-28)19-11-10-17(16-20(19)27)18-8-4-5-9-22(18)35(2,32)33/h4-5,8-13,16H,3,6-7,14-15H2,1-2H3,(H,30,31). The van der Waals surface area contributed by atoms with Gasteiger partial charge in [-0.15, -0.1) is 0 Å². The number of carboxylic acid groups (broad SMARTS) is 1. The number of carbonyl (C=O) groups excluding carboxylic acids is 1. The zero-order valence-electron chi connectivity index (χ0n) is 19.5. The number of nitrogens with zero attached hydrogens (tertiary/aromatic N) is 1. The Balaban J connectivity index is 1.84. The Hall–Kier alpha value is -3.46. The van der Waals surface area contributed by atoms with E-state index in [0.717, 1.165) is 37.7 Å². The summed E-state index contributed by atoms with van der Waals surface area (Å²) in [5, 5.41) is 10.2. The van der Waals surface area contributed by atoms with Gasteiger partial charge in [-0.25, -0.2) is 12.8 Å². The third-order valence-electron chi connectivity index (χ3n) is 6.51. The van der Waals surface area contributed by atoms with Gasteiger partial charge in [0.05, 0.1) is 12.0 Å². The van der Waals surface area contributed by atoms with Gasteiger partial charge >= 0.3 is 5.97 Å². The number of aliphatic carboxylic acids is 1. The van der Waals surface area contributed by atoms with Crippen LogP contribution in [0, 0.1) is 5.82 Å². The molecule has 0 radical (unpaired) electrons. The molecule has 2 aromatic rings. The molecular formula is C26H26FNO6S. The maximum Gasteiger partial charge on any atom is 0.326 e. The van der Waals surface area contributed by atoms with Crippen molar-refractivity contribution in [1.29, 1.82) is 0 Å². The molecule has 0 spiro atoms. The quantitative estimate of drug-likeness (QED) is 0.605. The van der Waals surface area contributed by atoms with Gasteiger partial charge in [0.1, 0.15) is 17.3 Å². The molecule has 0 aromatic heterocycles. The van der Waals surface area contributed by atoms with Gasteiger partial charge in [0.2, 0.25) is 5.78 Å². The van der Waals surface area contributed by atoms with Crippen molar-refractivity contribution in [3.05, 3.63) is 77.5 Å². The predicted molar refractivity (Wildman–Crippen MR) is 128 cm³/mol. The van der Waals surface area contributed by atoms with E-state index >= 15 is 4.39 Å². The summed E-state index contributed by atoms with van der Waals surface area (Å²) in [6, 6.07) is 9.91. The Morgan fingerprint density at radius 3 is 2.40 bits per heavy atom. The lowest BCUT2D eigenvalue weighted by Gasteiger charge is -2.37. The number of likely N-dealkylation sites (tertiary alicyclic amines) is 1. The fourth-order valence-electron chi connectivity index (χ4n) is 4.76. The molecule has 1 fully saturated rings. The number of methoxy groups -OCH3 is 1. The minimum atomic E-state index is -3.60. The maximum absolute atomic E-state index is 15.6. The third kappa shape index (κ3) is 4.25. The summed E-state index contributed by atoms with van der Waals surface area (Å²) >= 11 is 0. The van der Waals surface area contributed by atoms with Crippen LogP contribution in [-0.2, 0) is 29.6 Å². The normalized spacial score (nSPS) is 20.8. The molecule has 1 heterocycles. The van der Waals surface area contributed by atoms with Gasteiger partial charge in [-0.05, 0) is 43.0 Å². The molecule has 1 unspecified atom stereocenters. The molecule has 184 valence electrons. The van der Waals surface area contributed by atoms with Crippen molar-refractivity contribution in [2.45, 2.75) is 29.6 Å². The van der Waals surface area contributed by atoms with E-state index in [1.54, 1.807) is 23.1 Å². The number of ether oxygens (including phenoxy) is 1. The minimum Gasteiger partial charge on any atom is -0.494 e. The fourth-order valence-corrected chi connectivity index (χ4v) is 5.67. The van der Waals surface area contributed by atoms with E-state index in [9.17, 15) is 23.1 Å². The number of piperidine rings is 1. The van der Waals surface area contributed by atoms with Crippen molar-refractivity contribution in [2.24, 2.45) is 0 Å². The zero-order chi connectivity index (χ0) is 25.4. The highest BCUT2D eigenvalue weighted by atomic mass is 32.2.